The van der Waals surface area contributed by atoms with Gasteiger partial charge in [0.25, 0.3) is 5.56 Å². The van der Waals surface area contributed by atoms with Crippen molar-refractivity contribution >= 4 is 10.9 Å². The summed E-state index contributed by atoms with van der Waals surface area (Å²) in [7, 11) is 0. The van der Waals surface area contributed by atoms with Crippen molar-refractivity contribution in [3.05, 3.63) is 117 Å². The third-order valence-corrected chi connectivity index (χ3v) is 6.97. The molecule has 1 atom stereocenters. The lowest BCUT2D eigenvalue weighted by molar-refractivity contribution is 0.161. The molecule has 1 N–H and O–H groups in total. The topological polar surface area (TPSA) is 92.6 Å². The number of tetrazole rings is 1. The molecule has 0 saturated carbocycles. The first-order valence-electron chi connectivity index (χ1n) is 12.6. The molecule has 0 aliphatic rings. The van der Waals surface area contributed by atoms with Crippen LogP contribution in [0, 0.1) is 13.8 Å². The van der Waals surface area contributed by atoms with Crippen LogP contribution in [0.2, 0.25) is 0 Å². The van der Waals surface area contributed by atoms with Gasteiger partial charge >= 0.3 is 0 Å². The van der Waals surface area contributed by atoms with E-state index in [-0.39, 0.29) is 11.6 Å². The largest absolute Gasteiger partial charge is 0.321 e. The zero-order chi connectivity index (χ0) is 25.8. The van der Waals surface area contributed by atoms with E-state index in [1.807, 2.05) is 48.1 Å². The number of benzene rings is 2. The highest BCUT2D eigenvalue weighted by Gasteiger charge is 2.26. The first-order chi connectivity index (χ1) is 18.0. The van der Waals surface area contributed by atoms with Crippen molar-refractivity contribution in [2.75, 3.05) is 0 Å². The molecular formula is C29H31N7O. The van der Waals surface area contributed by atoms with Crippen LogP contribution in [0.1, 0.15) is 53.0 Å². The molecule has 188 valence electrons. The number of hydrogen-bond acceptors (Lipinski definition) is 6. The second kappa shape index (κ2) is 10.8. The Morgan fingerprint density at radius 1 is 1.00 bits per heavy atom. The van der Waals surface area contributed by atoms with Gasteiger partial charge in [0, 0.05) is 31.0 Å². The molecule has 3 heterocycles. The Balaban J connectivity index is 1.53. The van der Waals surface area contributed by atoms with E-state index < -0.39 is 0 Å². The van der Waals surface area contributed by atoms with E-state index in [9.17, 15) is 4.79 Å². The summed E-state index contributed by atoms with van der Waals surface area (Å²) < 4.78 is 1.86. The van der Waals surface area contributed by atoms with Crippen LogP contribution in [0.3, 0.4) is 0 Å². The van der Waals surface area contributed by atoms with Crippen LogP contribution < -0.4 is 5.56 Å². The highest BCUT2D eigenvalue weighted by Crippen LogP contribution is 2.27. The van der Waals surface area contributed by atoms with Gasteiger partial charge in [-0.1, -0.05) is 55.5 Å². The van der Waals surface area contributed by atoms with Crippen molar-refractivity contribution in [3.8, 4) is 0 Å². The number of aromatic amines is 1. The van der Waals surface area contributed by atoms with Gasteiger partial charge in [-0.3, -0.25) is 14.7 Å². The molecule has 2 aromatic carbocycles. The first-order valence-corrected chi connectivity index (χ1v) is 12.6. The molecule has 0 fully saturated rings. The van der Waals surface area contributed by atoms with Gasteiger partial charge in [0.05, 0.1) is 18.1 Å². The van der Waals surface area contributed by atoms with E-state index in [4.69, 9.17) is 0 Å². The number of aromatic nitrogens is 6. The lowest BCUT2D eigenvalue weighted by Crippen LogP contribution is -2.32. The fourth-order valence-corrected chi connectivity index (χ4v) is 4.83. The van der Waals surface area contributed by atoms with Crippen LogP contribution in [0.5, 0.6) is 0 Å². The number of nitrogens with one attached hydrogen (secondary N) is 1. The normalized spacial score (nSPS) is 12.3. The Bertz CT molecular complexity index is 1540. The molecule has 37 heavy (non-hydrogen) atoms. The van der Waals surface area contributed by atoms with Gasteiger partial charge < -0.3 is 4.98 Å². The average molecular weight is 494 g/mol. The summed E-state index contributed by atoms with van der Waals surface area (Å²) in [6.45, 7) is 7.86. The van der Waals surface area contributed by atoms with E-state index in [1.165, 1.54) is 0 Å². The van der Waals surface area contributed by atoms with E-state index in [0.717, 1.165) is 45.4 Å². The van der Waals surface area contributed by atoms with Gasteiger partial charge in [0.1, 0.15) is 0 Å². The molecule has 0 amide bonds. The average Bonchev–Trinajstić information content (AvgIpc) is 3.36. The van der Waals surface area contributed by atoms with E-state index >= 15 is 0 Å². The molecule has 0 aliphatic heterocycles. The second-order valence-corrected chi connectivity index (χ2v) is 9.47. The van der Waals surface area contributed by atoms with E-state index in [1.54, 1.807) is 6.20 Å². The summed E-state index contributed by atoms with van der Waals surface area (Å²) >= 11 is 0. The van der Waals surface area contributed by atoms with Crippen LogP contribution in [0.4, 0.5) is 0 Å². The minimum atomic E-state index is -0.103. The number of hydrogen-bond donors (Lipinski definition) is 1. The minimum absolute atomic E-state index is 0.0730. The molecule has 5 rings (SSSR count). The molecule has 0 radical (unpaired) electrons. The minimum Gasteiger partial charge on any atom is -0.321 e. The molecule has 0 bridgehead atoms. The molecule has 8 nitrogen and oxygen atoms in total. The predicted octanol–water partition coefficient (Wildman–Crippen LogP) is 4.73. The third kappa shape index (κ3) is 5.34. The molecule has 0 aliphatic carbocycles. The molecule has 5 aromatic rings. The molecule has 0 saturated heterocycles. The Morgan fingerprint density at radius 2 is 1.81 bits per heavy atom. The fourth-order valence-electron chi connectivity index (χ4n) is 4.83. The monoisotopic (exact) mass is 493 g/mol. The van der Waals surface area contributed by atoms with Gasteiger partial charge in [-0.05, 0) is 70.5 Å². The Labute approximate surface area is 216 Å². The van der Waals surface area contributed by atoms with Crippen LogP contribution >= 0.6 is 0 Å². The molecule has 3 aromatic heterocycles. The van der Waals surface area contributed by atoms with Crippen molar-refractivity contribution in [3.63, 3.8) is 0 Å². The molecule has 8 heteroatoms. The summed E-state index contributed by atoms with van der Waals surface area (Å²) in [5.74, 6) is 0.777. The quantitative estimate of drug-likeness (QED) is 0.319. The lowest BCUT2D eigenvalue weighted by Gasteiger charge is -2.30. The number of H-pyrrole nitrogens is 1. The maximum Gasteiger partial charge on any atom is 0.252 e. The molecular weight excluding hydrogens is 462 g/mol. The van der Waals surface area contributed by atoms with Crippen molar-refractivity contribution in [1.29, 1.82) is 0 Å². The highest BCUT2D eigenvalue weighted by atomic mass is 16.1. The third-order valence-electron chi connectivity index (χ3n) is 6.97. The summed E-state index contributed by atoms with van der Waals surface area (Å²) in [6.07, 6.45) is 4.41. The van der Waals surface area contributed by atoms with Gasteiger partial charge in [-0.15, -0.1) is 5.10 Å². The maximum atomic E-state index is 13.3. The summed E-state index contributed by atoms with van der Waals surface area (Å²) in [6, 6.07) is 20.2. The van der Waals surface area contributed by atoms with Crippen LogP contribution in [-0.2, 0) is 19.6 Å². The predicted molar refractivity (Wildman–Crippen MR) is 144 cm³/mol. The van der Waals surface area contributed by atoms with Crippen LogP contribution in [-0.4, -0.2) is 35.1 Å². The molecule has 0 spiro atoms. The number of nitrogens with zero attached hydrogens (tertiary/aromatic N) is 6. The number of aryl methyl sites for hydroxylation is 2. The smallest absolute Gasteiger partial charge is 0.252 e. The Hall–Kier alpha value is -4.17. The van der Waals surface area contributed by atoms with E-state index in [2.05, 4.69) is 74.6 Å². The van der Waals surface area contributed by atoms with Gasteiger partial charge in [0.2, 0.25) is 0 Å². The first kappa shape index (κ1) is 24.5. The Kier molecular flexibility index (Phi) is 7.18. The van der Waals surface area contributed by atoms with Crippen molar-refractivity contribution in [2.45, 2.75) is 52.9 Å². The lowest BCUT2D eigenvalue weighted by atomic mass is 10.0. The zero-order valence-corrected chi connectivity index (χ0v) is 21.4. The number of rotatable bonds is 9. The van der Waals surface area contributed by atoms with Crippen molar-refractivity contribution < 1.29 is 0 Å². The summed E-state index contributed by atoms with van der Waals surface area (Å²) in [5, 5.41) is 13.8. The molecule has 0 unspecified atom stereocenters. The number of pyridine rings is 2. The zero-order valence-electron chi connectivity index (χ0n) is 21.4. The Morgan fingerprint density at radius 3 is 2.57 bits per heavy atom. The highest BCUT2D eigenvalue weighted by molar-refractivity contribution is 5.83. The van der Waals surface area contributed by atoms with Crippen LogP contribution in [0.15, 0.2) is 77.9 Å². The summed E-state index contributed by atoms with van der Waals surface area (Å²) in [5.41, 5.74) is 5.97. The van der Waals surface area contributed by atoms with Gasteiger partial charge in [0.15, 0.2) is 5.82 Å². The van der Waals surface area contributed by atoms with Gasteiger partial charge in [-0.25, -0.2) is 4.68 Å². The fraction of sp³-hybridized carbons (Fsp3) is 0.276. The van der Waals surface area contributed by atoms with Gasteiger partial charge in [-0.2, -0.15) is 0 Å². The second-order valence-electron chi connectivity index (χ2n) is 9.47. The summed E-state index contributed by atoms with van der Waals surface area (Å²) in [4.78, 5) is 23.0. The van der Waals surface area contributed by atoms with E-state index in [0.29, 0.717) is 25.2 Å². The SMILES string of the molecule is CC[C@H](c1nnnn1Cc1ccccc1)N(Cc1cccnc1)Cc1cc2ccc(C)c(C)c2[nH]c1=O. The maximum absolute atomic E-state index is 13.3. The number of fused-ring (bicyclic) bond motifs is 1. The van der Waals surface area contributed by atoms with Crippen molar-refractivity contribution in [1.82, 2.24) is 35.1 Å². The van der Waals surface area contributed by atoms with Crippen LogP contribution in [0.25, 0.3) is 10.9 Å². The van der Waals surface area contributed by atoms with Crippen molar-refractivity contribution in [2.24, 2.45) is 0 Å². The standard InChI is InChI=1S/C29H31N7O/c1-4-26(28-32-33-34-36(28)18-22-9-6-5-7-10-22)35(17-23-11-8-14-30-16-23)19-25-15-24-13-12-20(2)21(3)27(24)31-29(25)37/h5-16,26H,4,17-19H2,1-3H3,(H,31,37)/t26-/m1/s1.